The molecular formula is C12H23OSi. The molecular weight excluding hydrogens is 188 g/mol. The Bertz CT molecular complexity index is 142. The molecule has 0 heterocycles. The Balaban J connectivity index is 1.82. The monoisotopic (exact) mass is 211 g/mol. The van der Waals surface area contributed by atoms with Crippen molar-refractivity contribution in [3.05, 3.63) is 0 Å². The normalized spacial score (nSPS) is 27.0. The molecule has 0 N–H and O–H groups in total. The van der Waals surface area contributed by atoms with Crippen molar-refractivity contribution < 1.29 is 4.80 Å². The second kappa shape index (κ2) is 5.31. The van der Waals surface area contributed by atoms with Crippen LogP contribution in [0.5, 0.6) is 0 Å². The van der Waals surface area contributed by atoms with Gasteiger partial charge in [-0.05, 0) is 11.1 Å². The van der Waals surface area contributed by atoms with Crippen LogP contribution in [0, 0.1) is 0 Å². The maximum absolute atomic E-state index is 12.4. The molecule has 0 aromatic heterocycles. The van der Waals surface area contributed by atoms with Gasteiger partial charge in [-0.3, -0.25) is 0 Å². The first-order valence-electron chi connectivity index (χ1n) is 6.54. The van der Waals surface area contributed by atoms with E-state index in [1.807, 2.05) is 0 Å². The average Bonchev–Trinajstić information content (AvgIpc) is 2.30. The van der Waals surface area contributed by atoms with Crippen molar-refractivity contribution in [2.24, 2.45) is 0 Å². The summed E-state index contributed by atoms with van der Waals surface area (Å²) in [6.45, 7) is 0. The van der Waals surface area contributed by atoms with Crippen molar-refractivity contribution in [1.82, 2.24) is 0 Å². The van der Waals surface area contributed by atoms with Crippen LogP contribution >= 0.6 is 0 Å². The smallest absolute Gasteiger partial charge is 0.228 e. The summed E-state index contributed by atoms with van der Waals surface area (Å²) in [5.74, 6) is 0. The van der Waals surface area contributed by atoms with Crippen molar-refractivity contribution >= 4 is 9.04 Å². The molecule has 2 fully saturated rings. The van der Waals surface area contributed by atoms with Crippen LogP contribution in [0.1, 0.15) is 64.2 Å². The third kappa shape index (κ3) is 2.60. The SMILES string of the molecule is [O][SiH](C1CCCCC1)C1CCCCC1. The van der Waals surface area contributed by atoms with E-state index in [9.17, 15) is 4.80 Å². The lowest BCUT2D eigenvalue weighted by Crippen LogP contribution is -2.28. The van der Waals surface area contributed by atoms with Gasteiger partial charge in [0.15, 0.2) is 0 Å². The topological polar surface area (TPSA) is 19.9 Å². The first kappa shape index (κ1) is 10.7. The van der Waals surface area contributed by atoms with E-state index < -0.39 is 9.04 Å². The van der Waals surface area contributed by atoms with Gasteiger partial charge in [-0.1, -0.05) is 64.2 Å². The standard InChI is InChI=1S/C12H23OSi/c13-14(11-7-3-1-4-8-11)12-9-5-2-6-10-12/h11-12,14H,1-10H2. The third-order valence-electron chi connectivity index (χ3n) is 4.23. The van der Waals surface area contributed by atoms with Gasteiger partial charge in [-0.15, -0.1) is 0 Å². The lowest BCUT2D eigenvalue weighted by molar-refractivity contribution is 0.354. The molecule has 2 rings (SSSR count). The van der Waals surface area contributed by atoms with Gasteiger partial charge in [0.25, 0.3) is 0 Å². The Morgan fingerprint density at radius 3 is 1.36 bits per heavy atom. The quantitative estimate of drug-likeness (QED) is 0.619. The number of rotatable bonds is 2. The summed E-state index contributed by atoms with van der Waals surface area (Å²) in [4.78, 5) is 12.4. The maximum Gasteiger partial charge on any atom is 0.228 e. The molecule has 1 radical (unpaired) electrons. The molecule has 0 aromatic rings. The molecule has 0 atom stereocenters. The summed E-state index contributed by atoms with van der Waals surface area (Å²) in [5, 5.41) is 0. The lowest BCUT2D eigenvalue weighted by Gasteiger charge is -2.31. The number of hydrogen-bond acceptors (Lipinski definition) is 0. The molecule has 0 saturated heterocycles. The Kier molecular flexibility index (Phi) is 4.06. The molecule has 2 saturated carbocycles. The van der Waals surface area contributed by atoms with Gasteiger partial charge in [0.2, 0.25) is 9.04 Å². The van der Waals surface area contributed by atoms with Crippen molar-refractivity contribution in [3.63, 3.8) is 0 Å². The van der Waals surface area contributed by atoms with Gasteiger partial charge in [0.05, 0.1) is 0 Å². The van der Waals surface area contributed by atoms with Gasteiger partial charge in [-0.2, -0.15) is 0 Å². The zero-order valence-electron chi connectivity index (χ0n) is 9.21. The molecule has 1 nitrogen and oxygen atoms in total. The molecule has 2 aliphatic carbocycles. The third-order valence-corrected chi connectivity index (χ3v) is 7.42. The number of hydrogen-bond donors (Lipinski definition) is 0. The average molecular weight is 211 g/mol. The molecule has 0 bridgehead atoms. The summed E-state index contributed by atoms with van der Waals surface area (Å²) < 4.78 is 0. The molecule has 2 heteroatoms. The molecule has 0 unspecified atom stereocenters. The second-order valence-corrected chi connectivity index (χ2v) is 8.08. The molecule has 0 aromatic carbocycles. The van der Waals surface area contributed by atoms with Crippen LogP contribution in [0.4, 0.5) is 0 Å². The fourth-order valence-corrected chi connectivity index (χ4v) is 6.34. The highest BCUT2D eigenvalue weighted by molar-refractivity contribution is 6.53. The Labute approximate surface area is 89.6 Å². The van der Waals surface area contributed by atoms with E-state index in [0.29, 0.717) is 11.1 Å². The van der Waals surface area contributed by atoms with E-state index in [4.69, 9.17) is 0 Å². The van der Waals surface area contributed by atoms with Crippen LogP contribution in [0.25, 0.3) is 0 Å². The van der Waals surface area contributed by atoms with Crippen LogP contribution in [-0.4, -0.2) is 9.04 Å². The Morgan fingerprint density at radius 1 is 0.643 bits per heavy atom. The first-order chi connectivity index (χ1) is 6.88. The van der Waals surface area contributed by atoms with Crippen molar-refractivity contribution in [2.75, 3.05) is 0 Å². The van der Waals surface area contributed by atoms with E-state index >= 15 is 0 Å². The van der Waals surface area contributed by atoms with E-state index in [1.54, 1.807) is 0 Å². The van der Waals surface area contributed by atoms with E-state index in [1.165, 1.54) is 64.2 Å². The Morgan fingerprint density at radius 2 is 1.00 bits per heavy atom. The highest BCUT2D eigenvalue weighted by Crippen LogP contribution is 2.40. The van der Waals surface area contributed by atoms with Crippen LogP contribution < -0.4 is 0 Å². The minimum atomic E-state index is -1.61. The molecule has 2 aliphatic rings. The molecule has 14 heavy (non-hydrogen) atoms. The summed E-state index contributed by atoms with van der Waals surface area (Å²) in [5.41, 5.74) is 1.35. The fraction of sp³-hybridized carbons (Fsp3) is 1.00. The second-order valence-electron chi connectivity index (χ2n) is 5.26. The first-order valence-corrected chi connectivity index (χ1v) is 8.34. The Hall–Kier alpha value is 0.177. The summed E-state index contributed by atoms with van der Waals surface area (Å²) in [7, 11) is -1.61. The molecule has 0 amide bonds. The van der Waals surface area contributed by atoms with Crippen LogP contribution in [0.3, 0.4) is 0 Å². The molecule has 0 spiro atoms. The predicted molar refractivity (Wildman–Crippen MR) is 61.5 cm³/mol. The van der Waals surface area contributed by atoms with Crippen molar-refractivity contribution in [1.29, 1.82) is 0 Å². The van der Waals surface area contributed by atoms with Crippen LogP contribution in [0.15, 0.2) is 0 Å². The van der Waals surface area contributed by atoms with Gasteiger partial charge < -0.3 is 4.80 Å². The minimum Gasteiger partial charge on any atom is -0.301 e. The summed E-state index contributed by atoms with van der Waals surface area (Å²) in [6.07, 6.45) is 13.3. The van der Waals surface area contributed by atoms with Gasteiger partial charge in [0, 0.05) is 0 Å². The fourth-order valence-electron chi connectivity index (χ4n) is 3.31. The predicted octanol–water partition coefficient (Wildman–Crippen LogP) is 3.81. The highest BCUT2D eigenvalue weighted by Gasteiger charge is 2.33. The maximum atomic E-state index is 12.4. The van der Waals surface area contributed by atoms with Crippen molar-refractivity contribution in [2.45, 2.75) is 75.3 Å². The van der Waals surface area contributed by atoms with Crippen molar-refractivity contribution in [3.8, 4) is 0 Å². The van der Waals surface area contributed by atoms with Crippen LogP contribution in [0.2, 0.25) is 11.1 Å². The highest BCUT2D eigenvalue weighted by atomic mass is 28.3. The minimum absolute atomic E-state index is 0.673. The largest absolute Gasteiger partial charge is 0.301 e. The van der Waals surface area contributed by atoms with Gasteiger partial charge >= 0.3 is 0 Å². The molecule has 81 valence electrons. The van der Waals surface area contributed by atoms with Gasteiger partial charge in [-0.25, -0.2) is 0 Å². The van der Waals surface area contributed by atoms with E-state index in [2.05, 4.69) is 0 Å². The lowest BCUT2D eigenvalue weighted by atomic mass is 9.99. The van der Waals surface area contributed by atoms with E-state index in [0.717, 1.165) is 0 Å². The van der Waals surface area contributed by atoms with Gasteiger partial charge in [0.1, 0.15) is 0 Å². The zero-order chi connectivity index (χ0) is 9.80. The zero-order valence-corrected chi connectivity index (χ0v) is 10.4. The van der Waals surface area contributed by atoms with Crippen LogP contribution in [-0.2, 0) is 4.80 Å². The van der Waals surface area contributed by atoms with E-state index in [-0.39, 0.29) is 0 Å². The summed E-state index contributed by atoms with van der Waals surface area (Å²) >= 11 is 0. The summed E-state index contributed by atoms with van der Waals surface area (Å²) in [6, 6.07) is 0. The molecule has 0 aliphatic heterocycles.